The van der Waals surface area contributed by atoms with Crippen LogP contribution in [0.25, 0.3) is 6.08 Å². The summed E-state index contributed by atoms with van der Waals surface area (Å²) in [6.07, 6.45) is 2.21. The lowest BCUT2D eigenvalue weighted by atomic mass is 9.83. The maximum atomic E-state index is 13.7. The largest absolute Gasteiger partial charge is 0.497 e. The van der Waals surface area contributed by atoms with E-state index in [9.17, 15) is 4.39 Å². The minimum absolute atomic E-state index is 0.00613. The van der Waals surface area contributed by atoms with E-state index in [1.54, 1.807) is 26.4 Å². The van der Waals surface area contributed by atoms with Crippen LogP contribution in [0.2, 0.25) is 0 Å². The van der Waals surface area contributed by atoms with E-state index in [-0.39, 0.29) is 17.8 Å². The number of fused-ring (bicyclic) bond motifs is 1. The molecule has 5 rings (SSSR count). The van der Waals surface area contributed by atoms with Crippen molar-refractivity contribution in [3.8, 4) is 11.5 Å². The summed E-state index contributed by atoms with van der Waals surface area (Å²) in [5.74, 6) is 1.56. The van der Waals surface area contributed by atoms with Crippen molar-refractivity contribution < 1.29 is 13.9 Å². The second-order valence-corrected chi connectivity index (χ2v) is 8.77. The molecular weight excluding hydrogens is 429 g/mol. The predicted octanol–water partition coefficient (Wildman–Crippen LogP) is 5.41. The number of benzene rings is 3. The molecule has 174 valence electrons. The highest BCUT2D eigenvalue weighted by Crippen LogP contribution is 2.43. The van der Waals surface area contributed by atoms with Crippen molar-refractivity contribution >= 4 is 17.5 Å². The van der Waals surface area contributed by atoms with Crippen molar-refractivity contribution in [1.29, 1.82) is 0 Å². The lowest BCUT2D eigenvalue weighted by Gasteiger charge is -2.34. The number of hydrazone groups is 1. The highest BCUT2D eigenvalue weighted by atomic mass is 19.1. The van der Waals surface area contributed by atoms with E-state index in [2.05, 4.69) is 42.3 Å². The number of ether oxygens (including phenoxy) is 2. The smallest absolute Gasteiger partial charge is 0.123 e. The summed E-state index contributed by atoms with van der Waals surface area (Å²) in [4.78, 5) is 2.34. The molecular formula is C28H28FN3O2. The molecule has 1 fully saturated rings. The molecule has 0 aliphatic carbocycles. The van der Waals surface area contributed by atoms with Crippen molar-refractivity contribution in [1.82, 2.24) is 4.90 Å². The van der Waals surface area contributed by atoms with E-state index >= 15 is 0 Å². The topological polar surface area (TPSA) is 37.3 Å². The van der Waals surface area contributed by atoms with Crippen molar-refractivity contribution in [2.24, 2.45) is 11.0 Å². The summed E-state index contributed by atoms with van der Waals surface area (Å²) in [7, 11) is 5.48. The zero-order valence-corrected chi connectivity index (χ0v) is 19.6. The first-order chi connectivity index (χ1) is 16.6. The maximum absolute atomic E-state index is 13.7. The predicted molar refractivity (Wildman–Crippen MR) is 134 cm³/mol. The third-order valence-corrected chi connectivity index (χ3v) is 6.49. The van der Waals surface area contributed by atoms with Gasteiger partial charge in [-0.25, -0.2) is 4.39 Å². The highest BCUT2D eigenvalue weighted by molar-refractivity contribution is 6.09. The van der Waals surface area contributed by atoms with Gasteiger partial charge >= 0.3 is 0 Å². The summed E-state index contributed by atoms with van der Waals surface area (Å²) in [6, 6.07) is 22.8. The number of likely N-dealkylation sites (N-methyl/N-ethyl adjacent to an activating group) is 1. The van der Waals surface area contributed by atoms with E-state index in [4.69, 9.17) is 14.6 Å². The van der Waals surface area contributed by atoms with E-state index in [1.807, 2.05) is 29.3 Å². The zero-order chi connectivity index (χ0) is 23.7. The molecule has 0 aromatic heterocycles. The summed E-state index contributed by atoms with van der Waals surface area (Å²) < 4.78 is 24.4. The van der Waals surface area contributed by atoms with Gasteiger partial charge in [-0.3, -0.25) is 5.01 Å². The Morgan fingerprint density at radius 3 is 2.12 bits per heavy atom. The second-order valence-electron chi connectivity index (χ2n) is 8.77. The molecule has 2 heterocycles. The SMILES string of the molecule is COc1ccc(/C=C2/CN(C)CC3C2=NN(c2ccc(F)cc2)C3c2ccc(OC)cc2)cc1. The fourth-order valence-corrected chi connectivity index (χ4v) is 4.84. The fourth-order valence-electron chi connectivity index (χ4n) is 4.84. The Labute approximate surface area is 199 Å². The van der Waals surface area contributed by atoms with Gasteiger partial charge in [-0.2, -0.15) is 5.10 Å². The molecule has 0 spiro atoms. The molecule has 2 atom stereocenters. The van der Waals surface area contributed by atoms with Crippen molar-refractivity contribution in [2.75, 3.05) is 39.4 Å². The van der Waals surface area contributed by atoms with Gasteiger partial charge in [-0.1, -0.05) is 24.3 Å². The zero-order valence-electron chi connectivity index (χ0n) is 19.6. The molecule has 0 radical (unpaired) electrons. The van der Waals surface area contributed by atoms with Crippen LogP contribution in [0.15, 0.2) is 83.5 Å². The number of halogens is 1. The Morgan fingerprint density at radius 2 is 1.50 bits per heavy atom. The van der Waals surface area contributed by atoms with Crippen LogP contribution in [0.5, 0.6) is 11.5 Å². The van der Waals surface area contributed by atoms with Gasteiger partial charge in [-0.15, -0.1) is 0 Å². The maximum Gasteiger partial charge on any atom is 0.123 e. The molecule has 2 unspecified atom stereocenters. The molecule has 1 saturated heterocycles. The van der Waals surface area contributed by atoms with Gasteiger partial charge in [0.2, 0.25) is 0 Å². The van der Waals surface area contributed by atoms with Gasteiger partial charge in [0.05, 0.1) is 31.7 Å². The lowest BCUT2D eigenvalue weighted by molar-refractivity contribution is 0.303. The molecule has 5 nitrogen and oxygen atoms in total. The van der Waals surface area contributed by atoms with Crippen molar-refractivity contribution in [2.45, 2.75) is 6.04 Å². The van der Waals surface area contributed by atoms with E-state index < -0.39 is 0 Å². The van der Waals surface area contributed by atoms with Crippen LogP contribution < -0.4 is 14.5 Å². The molecule has 3 aromatic rings. The van der Waals surface area contributed by atoms with Gasteiger partial charge in [0, 0.05) is 19.0 Å². The van der Waals surface area contributed by atoms with E-state index in [1.165, 1.54) is 17.7 Å². The standard InChI is InChI=1S/C28H28FN3O2/c1-31-17-21(16-19-4-12-24(33-2)13-5-19)27-26(18-31)28(20-6-14-25(34-3)15-7-20)32(30-27)23-10-8-22(29)9-11-23/h4-16,26,28H,17-18H2,1-3H3/b21-16-. The van der Waals surface area contributed by atoms with Crippen LogP contribution in [-0.2, 0) is 0 Å². The number of anilines is 1. The highest BCUT2D eigenvalue weighted by Gasteiger charge is 2.43. The van der Waals surface area contributed by atoms with Crippen LogP contribution in [-0.4, -0.2) is 45.0 Å². The number of methoxy groups -OCH3 is 2. The molecule has 0 bridgehead atoms. The molecule has 6 heteroatoms. The average molecular weight is 458 g/mol. The fraction of sp³-hybridized carbons (Fsp3) is 0.250. The molecule has 3 aromatic carbocycles. The Morgan fingerprint density at radius 1 is 0.882 bits per heavy atom. The monoisotopic (exact) mass is 457 g/mol. The van der Waals surface area contributed by atoms with Gasteiger partial charge in [-0.05, 0) is 78.4 Å². The first-order valence-electron chi connectivity index (χ1n) is 11.4. The summed E-state index contributed by atoms with van der Waals surface area (Å²) in [5, 5.41) is 7.18. The molecule has 0 saturated carbocycles. The number of piperidine rings is 1. The molecule has 0 N–H and O–H groups in total. The van der Waals surface area contributed by atoms with Gasteiger partial charge in [0.25, 0.3) is 0 Å². The van der Waals surface area contributed by atoms with Gasteiger partial charge < -0.3 is 14.4 Å². The normalized spacial score (nSPS) is 21.4. The summed E-state index contributed by atoms with van der Waals surface area (Å²) >= 11 is 0. The minimum Gasteiger partial charge on any atom is -0.497 e. The molecule has 0 amide bonds. The Balaban J connectivity index is 1.58. The number of rotatable bonds is 5. The van der Waals surface area contributed by atoms with Gasteiger partial charge in [0.15, 0.2) is 0 Å². The van der Waals surface area contributed by atoms with Crippen LogP contribution in [0.3, 0.4) is 0 Å². The third-order valence-electron chi connectivity index (χ3n) is 6.49. The van der Waals surface area contributed by atoms with E-state index in [0.717, 1.165) is 47.1 Å². The first-order valence-corrected chi connectivity index (χ1v) is 11.4. The summed E-state index contributed by atoms with van der Waals surface area (Å²) in [6.45, 7) is 1.70. The van der Waals surface area contributed by atoms with Crippen LogP contribution in [0.4, 0.5) is 10.1 Å². The molecule has 2 aliphatic heterocycles. The second kappa shape index (κ2) is 9.31. The third kappa shape index (κ3) is 4.29. The molecule has 34 heavy (non-hydrogen) atoms. The number of likely N-dealkylation sites (tertiary alicyclic amines) is 1. The van der Waals surface area contributed by atoms with Crippen LogP contribution >= 0.6 is 0 Å². The lowest BCUT2D eigenvalue weighted by Crippen LogP contribution is -2.41. The van der Waals surface area contributed by atoms with Crippen molar-refractivity contribution in [3.63, 3.8) is 0 Å². The van der Waals surface area contributed by atoms with Crippen molar-refractivity contribution in [3.05, 3.63) is 95.3 Å². The van der Waals surface area contributed by atoms with E-state index in [0.29, 0.717) is 0 Å². The Bertz CT molecular complexity index is 1200. The van der Waals surface area contributed by atoms with Gasteiger partial charge in [0.1, 0.15) is 17.3 Å². The number of hydrogen-bond acceptors (Lipinski definition) is 5. The Kier molecular flexibility index (Phi) is 6.07. The Hall–Kier alpha value is -3.64. The average Bonchev–Trinajstić information content (AvgIpc) is 3.24. The summed E-state index contributed by atoms with van der Waals surface area (Å²) in [5.41, 5.74) is 5.39. The van der Waals surface area contributed by atoms with Crippen LogP contribution in [0.1, 0.15) is 17.2 Å². The quantitative estimate of drug-likeness (QED) is 0.514. The molecule has 2 aliphatic rings. The first kappa shape index (κ1) is 22.2. The minimum atomic E-state index is -0.256. The van der Waals surface area contributed by atoms with Crippen LogP contribution in [0, 0.1) is 11.7 Å². The number of hydrogen-bond donors (Lipinski definition) is 0. The number of nitrogens with zero attached hydrogens (tertiary/aromatic N) is 3.